The molecule has 0 aromatic heterocycles. The molecule has 0 radical (unpaired) electrons. The van der Waals surface area contributed by atoms with E-state index in [0.717, 1.165) is 0 Å². The molecule has 0 spiro atoms. The molecule has 0 fully saturated rings. The largest absolute Gasteiger partial charge is 0.395 e. The minimum atomic E-state index is -2.68. The molecular weight excluding hydrogens is 189 g/mol. The summed E-state index contributed by atoms with van der Waals surface area (Å²) < 4.78 is 0. The van der Waals surface area contributed by atoms with Gasteiger partial charge in [0.15, 0.2) is 15.5 Å². The van der Waals surface area contributed by atoms with Crippen LogP contribution in [-0.4, -0.2) is 0 Å². The van der Waals surface area contributed by atoms with E-state index in [1.807, 2.05) is 0 Å². The summed E-state index contributed by atoms with van der Waals surface area (Å²) in [5.41, 5.74) is 0. The molecule has 0 saturated heterocycles. The number of nitrogens with zero attached hydrogens (tertiary/aromatic N) is 3. The van der Waals surface area contributed by atoms with Crippen LogP contribution >= 0.6 is 21.5 Å². The van der Waals surface area contributed by atoms with E-state index in [2.05, 4.69) is 15.5 Å². The van der Waals surface area contributed by atoms with Gasteiger partial charge in [-0.15, -0.1) is 15.8 Å². The predicted octanol–water partition coefficient (Wildman–Crippen LogP) is 1.76. The van der Waals surface area contributed by atoms with Crippen molar-refractivity contribution in [2.45, 2.75) is 0 Å². The van der Waals surface area contributed by atoms with Crippen molar-refractivity contribution in [2.75, 3.05) is 0 Å². The second-order valence-electron chi connectivity index (χ2n) is 0.889. The Hall–Kier alpha value is -0.620. The van der Waals surface area contributed by atoms with E-state index < -0.39 is 5.96 Å². The topological polar surface area (TPSA) is 71.4 Å². The van der Waals surface area contributed by atoms with E-state index in [4.69, 9.17) is 15.8 Å². The molecule has 0 rings (SSSR count). The maximum absolute atomic E-state index is 8.09. The molecule has 0 N–H and O–H groups in total. The first kappa shape index (κ1) is 7.38. The summed E-state index contributed by atoms with van der Waals surface area (Å²) in [7, 11) is 0. The molecule has 0 saturated carbocycles. The van der Waals surface area contributed by atoms with Crippen molar-refractivity contribution in [3.63, 3.8) is 0 Å². The summed E-state index contributed by atoms with van der Waals surface area (Å²) in [4.78, 5) is 0. The van der Waals surface area contributed by atoms with Gasteiger partial charge in [0.25, 0.3) is 17.4 Å². The van der Waals surface area contributed by atoms with Crippen LogP contribution in [0.25, 0.3) is 0 Å². The van der Waals surface area contributed by atoms with E-state index in [1.54, 1.807) is 17.4 Å². The van der Waals surface area contributed by atoms with Crippen LogP contribution in [0.4, 0.5) is 0 Å². The SMILES string of the molecule is N#C[P+](Br)(C#N)C#N. The lowest BCUT2D eigenvalue weighted by molar-refractivity contribution is 1.54. The lowest BCUT2D eigenvalue weighted by atomic mass is 11.7. The van der Waals surface area contributed by atoms with Gasteiger partial charge in [-0.05, 0) is 0 Å². The fourth-order valence-electron chi connectivity index (χ4n) is 0.0671. The Labute approximate surface area is 55.2 Å². The van der Waals surface area contributed by atoms with Gasteiger partial charge in [-0.3, -0.25) is 0 Å². The van der Waals surface area contributed by atoms with E-state index in [9.17, 15) is 0 Å². The van der Waals surface area contributed by atoms with Gasteiger partial charge in [-0.2, -0.15) is 0 Å². The third-order valence-electron chi connectivity index (χ3n) is 0.413. The Morgan fingerprint density at radius 1 is 1.00 bits per heavy atom. The highest BCUT2D eigenvalue weighted by atomic mass is 79.9. The van der Waals surface area contributed by atoms with Gasteiger partial charge >= 0.3 is 5.96 Å². The summed E-state index contributed by atoms with van der Waals surface area (Å²) in [6.07, 6.45) is 0. The average Bonchev–Trinajstić information content (AvgIpc) is 1.87. The third-order valence-corrected chi connectivity index (χ3v) is 2.67. The Morgan fingerprint density at radius 3 is 1.25 bits per heavy atom. The van der Waals surface area contributed by atoms with Crippen LogP contribution in [0.15, 0.2) is 0 Å². The Kier molecular flexibility index (Phi) is 2.43. The number of rotatable bonds is 0. The van der Waals surface area contributed by atoms with Crippen LogP contribution < -0.4 is 0 Å². The number of hydrogen-bond acceptors (Lipinski definition) is 3. The summed E-state index contributed by atoms with van der Waals surface area (Å²) in [5, 5.41) is 24.3. The molecule has 0 aromatic carbocycles. The van der Waals surface area contributed by atoms with Gasteiger partial charge in [0.2, 0.25) is 0 Å². The molecule has 0 aliphatic rings. The molecule has 0 aliphatic carbocycles. The summed E-state index contributed by atoms with van der Waals surface area (Å²) in [6.45, 7) is 0. The van der Waals surface area contributed by atoms with Crippen molar-refractivity contribution in [2.24, 2.45) is 0 Å². The third kappa shape index (κ3) is 1.47. The zero-order chi connectivity index (χ0) is 6.62. The van der Waals surface area contributed by atoms with E-state index in [0.29, 0.717) is 0 Å². The highest BCUT2D eigenvalue weighted by Gasteiger charge is 2.38. The van der Waals surface area contributed by atoms with Crippen LogP contribution in [0.5, 0.6) is 0 Å². The first-order chi connectivity index (χ1) is 3.68. The second kappa shape index (κ2) is 2.63. The lowest BCUT2D eigenvalue weighted by Gasteiger charge is -1.75. The normalized spacial score (nSPS) is 8.25. The molecule has 8 heavy (non-hydrogen) atoms. The number of halogens is 1. The van der Waals surface area contributed by atoms with Crippen molar-refractivity contribution in [3.05, 3.63) is 0 Å². The van der Waals surface area contributed by atoms with Crippen LogP contribution in [0.1, 0.15) is 0 Å². The van der Waals surface area contributed by atoms with Gasteiger partial charge in [0.05, 0.1) is 0 Å². The van der Waals surface area contributed by atoms with Crippen molar-refractivity contribution in [3.8, 4) is 17.4 Å². The second-order valence-corrected chi connectivity index (χ2v) is 5.86. The Morgan fingerprint density at radius 2 is 1.25 bits per heavy atom. The molecular formula is C3BrN3P+. The first-order valence-electron chi connectivity index (χ1n) is 1.51. The molecule has 0 amide bonds. The van der Waals surface area contributed by atoms with E-state index >= 15 is 0 Å². The minimum absolute atomic E-state index is 1.58. The van der Waals surface area contributed by atoms with Crippen molar-refractivity contribution in [1.29, 1.82) is 15.8 Å². The van der Waals surface area contributed by atoms with Crippen molar-refractivity contribution >= 4 is 21.5 Å². The van der Waals surface area contributed by atoms with Crippen LogP contribution in [0.2, 0.25) is 0 Å². The first-order valence-corrected chi connectivity index (χ1v) is 5.32. The smallest absolute Gasteiger partial charge is 0.148 e. The fraction of sp³-hybridized carbons (Fsp3) is 0. The summed E-state index contributed by atoms with van der Waals surface area (Å²) in [6, 6.07) is 0. The van der Waals surface area contributed by atoms with E-state index in [-0.39, 0.29) is 0 Å². The summed E-state index contributed by atoms with van der Waals surface area (Å²) >= 11 is 2.71. The standard InChI is InChI=1S/C3BrN3P/c4-8(1-5,2-6)3-7/q+1. The minimum Gasteiger partial charge on any atom is -0.148 e. The van der Waals surface area contributed by atoms with Gasteiger partial charge in [0, 0.05) is 0 Å². The van der Waals surface area contributed by atoms with Crippen LogP contribution in [0, 0.1) is 33.2 Å². The molecule has 0 unspecified atom stereocenters. The van der Waals surface area contributed by atoms with Gasteiger partial charge in [0.1, 0.15) is 0 Å². The predicted molar refractivity (Wildman–Crippen MR) is 32.7 cm³/mol. The molecule has 5 heteroatoms. The fourth-order valence-corrected chi connectivity index (χ4v) is 0.201. The van der Waals surface area contributed by atoms with Gasteiger partial charge in [-0.1, -0.05) is 0 Å². The number of hydrogen-bond donors (Lipinski definition) is 0. The monoisotopic (exact) mass is 188 g/mol. The molecule has 0 aromatic rings. The Bertz CT molecular complexity index is 168. The van der Waals surface area contributed by atoms with Gasteiger partial charge < -0.3 is 0 Å². The highest BCUT2D eigenvalue weighted by molar-refractivity contribution is 9.44. The Balaban J connectivity index is 4.42. The van der Waals surface area contributed by atoms with Crippen LogP contribution in [0.3, 0.4) is 0 Å². The quantitative estimate of drug-likeness (QED) is 0.544. The molecule has 0 atom stereocenters. The zero-order valence-corrected chi connectivity index (χ0v) is 6.15. The maximum atomic E-state index is 8.09. The van der Waals surface area contributed by atoms with Crippen molar-refractivity contribution in [1.82, 2.24) is 0 Å². The molecule has 38 valence electrons. The van der Waals surface area contributed by atoms with Crippen molar-refractivity contribution < 1.29 is 0 Å². The molecule has 0 heterocycles. The highest BCUT2D eigenvalue weighted by Crippen LogP contribution is 2.63. The van der Waals surface area contributed by atoms with Crippen LogP contribution in [-0.2, 0) is 0 Å². The molecule has 0 bridgehead atoms. The number of nitriles is 3. The lowest BCUT2D eigenvalue weighted by Crippen LogP contribution is -1.63. The van der Waals surface area contributed by atoms with E-state index in [1.165, 1.54) is 0 Å². The zero-order valence-electron chi connectivity index (χ0n) is 3.67. The molecule has 0 aliphatic heterocycles. The average molecular weight is 189 g/mol. The maximum Gasteiger partial charge on any atom is 0.395 e. The van der Waals surface area contributed by atoms with Gasteiger partial charge in [-0.25, -0.2) is 0 Å². The molecule has 3 nitrogen and oxygen atoms in total. The summed E-state index contributed by atoms with van der Waals surface area (Å²) in [5.74, 6) is 2.07.